The molecule has 1 aliphatic heterocycles. The predicted molar refractivity (Wildman–Crippen MR) is 73.7 cm³/mol. The van der Waals surface area contributed by atoms with Gasteiger partial charge in [0.05, 0.1) is 6.04 Å². The molecule has 2 rings (SSSR count). The van der Waals surface area contributed by atoms with Crippen LogP contribution in [0.4, 0.5) is 5.69 Å². The standard InChI is InChI=1S/C14H23N3/c1-12-4-6-13(7-5-12)17-9-8-15-10-14(17)11-16(2)3/h4-7,14-15H,8-11H2,1-3H3. The second-order valence-corrected chi connectivity index (χ2v) is 5.15. The van der Waals surface area contributed by atoms with Gasteiger partial charge in [-0.3, -0.25) is 0 Å². The molecule has 3 heteroatoms. The van der Waals surface area contributed by atoms with Crippen LogP contribution in [-0.4, -0.2) is 51.2 Å². The number of aryl methyl sites for hydroxylation is 1. The van der Waals surface area contributed by atoms with Crippen LogP contribution in [0.25, 0.3) is 0 Å². The second kappa shape index (κ2) is 5.52. The average molecular weight is 233 g/mol. The van der Waals surface area contributed by atoms with E-state index in [4.69, 9.17) is 0 Å². The van der Waals surface area contributed by atoms with E-state index in [1.807, 2.05) is 0 Å². The van der Waals surface area contributed by atoms with Gasteiger partial charge in [0.1, 0.15) is 0 Å². The van der Waals surface area contributed by atoms with Gasteiger partial charge in [-0.25, -0.2) is 0 Å². The van der Waals surface area contributed by atoms with Crippen molar-refractivity contribution in [1.29, 1.82) is 0 Å². The number of anilines is 1. The lowest BCUT2D eigenvalue weighted by molar-refractivity contribution is 0.337. The summed E-state index contributed by atoms with van der Waals surface area (Å²) in [6, 6.07) is 9.45. The Hall–Kier alpha value is -1.06. The first kappa shape index (κ1) is 12.4. The third kappa shape index (κ3) is 3.20. The highest BCUT2D eigenvalue weighted by atomic mass is 15.3. The summed E-state index contributed by atoms with van der Waals surface area (Å²) in [6.45, 7) is 6.49. The van der Waals surface area contributed by atoms with Gasteiger partial charge in [0.2, 0.25) is 0 Å². The fourth-order valence-corrected chi connectivity index (χ4v) is 2.42. The molecule has 0 aromatic heterocycles. The Morgan fingerprint density at radius 2 is 2.00 bits per heavy atom. The summed E-state index contributed by atoms with van der Waals surface area (Å²) < 4.78 is 0. The molecule has 0 aliphatic carbocycles. The van der Waals surface area contributed by atoms with E-state index in [2.05, 4.69) is 60.4 Å². The van der Waals surface area contributed by atoms with Crippen molar-refractivity contribution in [3.63, 3.8) is 0 Å². The zero-order chi connectivity index (χ0) is 12.3. The van der Waals surface area contributed by atoms with Crippen molar-refractivity contribution in [3.05, 3.63) is 29.8 Å². The van der Waals surface area contributed by atoms with Crippen molar-refractivity contribution in [1.82, 2.24) is 10.2 Å². The van der Waals surface area contributed by atoms with Gasteiger partial charge in [-0.15, -0.1) is 0 Å². The summed E-state index contributed by atoms with van der Waals surface area (Å²) in [5, 5.41) is 3.48. The van der Waals surface area contributed by atoms with Gasteiger partial charge in [-0.2, -0.15) is 0 Å². The molecule has 1 unspecified atom stereocenters. The van der Waals surface area contributed by atoms with Crippen molar-refractivity contribution in [2.45, 2.75) is 13.0 Å². The molecule has 17 heavy (non-hydrogen) atoms. The summed E-state index contributed by atoms with van der Waals surface area (Å²) in [5.74, 6) is 0. The van der Waals surface area contributed by atoms with Crippen LogP contribution in [0.5, 0.6) is 0 Å². The van der Waals surface area contributed by atoms with Crippen LogP contribution in [0.3, 0.4) is 0 Å². The molecule has 1 aliphatic rings. The molecule has 1 fully saturated rings. The SMILES string of the molecule is Cc1ccc(N2CCNCC2CN(C)C)cc1. The normalized spacial score (nSPS) is 20.9. The molecule has 0 saturated carbocycles. The lowest BCUT2D eigenvalue weighted by atomic mass is 10.1. The van der Waals surface area contributed by atoms with Crippen LogP contribution < -0.4 is 10.2 Å². The molecule has 1 aromatic rings. The van der Waals surface area contributed by atoms with Gasteiger partial charge in [-0.1, -0.05) is 17.7 Å². The van der Waals surface area contributed by atoms with Gasteiger partial charge in [0.15, 0.2) is 0 Å². The van der Waals surface area contributed by atoms with Crippen LogP contribution in [0.1, 0.15) is 5.56 Å². The van der Waals surface area contributed by atoms with Gasteiger partial charge in [0, 0.05) is 31.9 Å². The van der Waals surface area contributed by atoms with Crippen LogP contribution >= 0.6 is 0 Å². The van der Waals surface area contributed by atoms with E-state index >= 15 is 0 Å². The number of nitrogens with one attached hydrogen (secondary N) is 1. The monoisotopic (exact) mass is 233 g/mol. The van der Waals surface area contributed by atoms with E-state index in [0.717, 1.165) is 26.2 Å². The van der Waals surface area contributed by atoms with Crippen molar-refractivity contribution < 1.29 is 0 Å². The maximum atomic E-state index is 3.48. The number of nitrogens with zero attached hydrogens (tertiary/aromatic N) is 2. The maximum Gasteiger partial charge on any atom is 0.0541 e. The van der Waals surface area contributed by atoms with Crippen molar-refractivity contribution in [2.24, 2.45) is 0 Å². The fraction of sp³-hybridized carbons (Fsp3) is 0.571. The number of hydrogen-bond acceptors (Lipinski definition) is 3. The molecule has 1 N–H and O–H groups in total. The molecule has 0 bridgehead atoms. The van der Waals surface area contributed by atoms with E-state index < -0.39 is 0 Å². The molecule has 1 heterocycles. The summed E-state index contributed by atoms with van der Waals surface area (Å²) in [4.78, 5) is 4.79. The summed E-state index contributed by atoms with van der Waals surface area (Å²) in [5.41, 5.74) is 2.68. The Kier molecular flexibility index (Phi) is 4.02. The third-order valence-electron chi connectivity index (χ3n) is 3.29. The first-order chi connectivity index (χ1) is 8.16. The second-order valence-electron chi connectivity index (χ2n) is 5.15. The lowest BCUT2D eigenvalue weighted by Crippen LogP contribution is -2.55. The molecule has 1 atom stereocenters. The van der Waals surface area contributed by atoms with Gasteiger partial charge in [0.25, 0.3) is 0 Å². The van der Waals surface area contributed by atoms with E-state index in [-0.39, 0.29) is 0 Å². The Morgan fingerprint density at radius 3 is 2.65 bits per heavy atom. The molecular weight excluding hydrogens is 210 g/mol. The molecule has 1 saturated heterocycles. The highest BCUT2D eigenvalue weighted by molar-refractivity contribution is 5.49. The zero-order valence-electron chi connectivity index (χ0n) is 11.1. The third-order valence-corrected chi connectivity index (χ3v) is 3.29. The minimum absolute atomic E-state index is 0.571. The van der Waals surface area contributed by atoms with Crippen molar-refractivity contribution in [2.75, 3.05) is 45.2 Å². The smallest absolute Gasteiger partial charge is 0.0541 e. The number of likely N-dealkylation sites (N-methyl/N-ethyl adjacent to an activating group) is 1. The number of benzene rings is 1. The van der Waals surface area contributed by atoms with Crippen LogP contribution in [0, 0.1) is 6.92 Å². The van der Waals surface area contributed by atoms with Crippen molar-refractivity contribution in [3.8, 4) is 0 Å². The summed E-state index contributed by atoms with van der Waals surface area (Å²) in [7, 11) is 4.28. The van der Waals surface area contributed by atoms with E-state index in [0.29, 0.717) is 6.04 Å². The first-order valence-corrected chi connectivity index (χ1v) is 6.35. The Labute approximate surface area is 104 Å². The highest BCUT2D eigenvalue weighted by Gasteiger charge is 2.22. The van der Waals surface area contributed by atoms with Crippen LogP contribution in [0.2, 0.25) is 0 Å². The average Bonchev–Trinajstić information content (AvgIpc) is 2.30. The number of rotatable bonds is 3. The van der Waals surface area contributed by atoms with Crippen LogP contribution in [-0.2, 0) is 0 Å². The molecule has 0 spiro atoms. The molecule has 3 nitrogen and oxygen atoms in total. The Morgan fingerprint density at radius 1 is 1.29 bits per heavy atom. The maximum absolute atomic E-state index is 3.48. The molecule has 1 aromatic carbocycles. The van der Waals surface area contributed by atoms with E-state index in [1.54, 1.807) is 0 Å². The van der Waals surface area contributed by atoms with Gasteiger partial charge < -0.3 is 15.1 Å². The zero-order valence-corrected chi connectivity index (χ0v) is 11.1. The highest BCUT2D eigenvalue weighted by Crippen LogP contribution is 2.19. The largest absolute Gasteiger partial charge is 0.365 e. The van der Waals surface area contributed by atoms with E-state index in [9.17, 15) is 0 Å². The Balaban J connectivity index is 2.12. The van der Waals surface area contributed by atoms with Crippen molar-refractivity contribution >= 4 is 5.69 Å². The number of piperazine rings is 1. The molecular formula is C14H23N3. The van der Waals surface area contributed by atoms with Gasteiger partial charge >= 0.3 is 0 Å². The fourth-order valence-electron chi connectivity index (χ4n) is 2.42. The molecule has 94 valence electrons. The Bertz CT molecular complexity index is 345. The first-order valence-electron chi connectivity index (χ1n) is 6.35. The lowest BCUT2D eigenvalue weighted by Gasteiger charge is -2.39. The molecule has 0 radical (unpaired) electrons. The quantitative estimate of drug-likeness (QED) is 0.850. The summed E-state index contributed by atoms with van der Waals surface area (Å²) >= 11 is 0. The minimum atomic E-state index is 0.571. The minimum Gasteiger partial charge on any atom is -0.365 e. The topological polar surface area (TPSA) is 18.5 Å². The summed E-state index contributed by atoms with van der Waals surface area (Å²) in [6.07, 6.45) is 0. The predicted octanol–water partition coefficient (Wildman–Crippen LogP) is 1.33. The van der Waals surface area contributed by atoms with Gasteiger partial charge in [-0.05, 0) is 33.2 Å². The van der Waals surface area contributed by atoms with Crippen LogP contribution in [0.15, 0.2) is 24.3 Å². The molecule has 0 amide bonds. The number of hydrogen-bond donors (Lipinski definition) is 1. The van der Waals surface area contributed by atoms with E-state index in [1.165, 1.54) is 11.3 Å².